The number of fused-ring (bicyclic) bond motifs is 1. The van der Waals surface area contributed by atoms with Gasteiger partial charge >= 0.3 is 0 Å². The molecule has 2 heterocycles. The minimum atomic E-state index is -0.0868. The van der Waals surface area contributed by atoms with Crippen LogP contribution >= 0.6 is 11.8 Å². The number of aromatic nitrogens is 4. The molecule has 0 saturated heterocycles. The van der Waals surface area contributed by atoms with Crippen LogP contribution in [0.3, 0.4) is 0 Å². The summed E-state index contributed by atoms with van der Waals surface area (Å²) in [5, 5.41) is 5.17. The third-order valence-electron chi connectivity index (χ3n) is 5.28. The maximum Gasteiger partial charge on any atom is 0.282 e. The molecule has 0 aliphatic carbocycles. The zero-order valence-electron chi connectivity index (χ0n) is 17.8. The minimum absolute atomic E-state index is 0.0868. The molecule has 6 heteroatoms. The van der Waals surface area contributed by atoms with Gasteiger partial charge in [-0.15, -0.1) is 0 Å². The van der Waals surface area contributed by atoms with Gasteiger partial charge in [-0.25, -0.2) is 4.98 Å². The van der Waals surface area contributed by atoms with E-state index in [4.69, 9.17) is 4.98 Å². The Balaban J connectivity index is 1.76. The topological polar surface area (TPSA) is 52.7 Å². The van der Waals surface area contributed by atoms with Crippen molar-refractivity contribution in [3.8, 4) is 0 Å². The molecular weight excluding hydrogens is 392 g/mol. The van der Waals surface area contributed by atoms with Crippen molar-refractivity contribution in [1.82, 2.24) is 19.3 Å². The zero-order valence-corrected chi connectivity index (χ0v) is 18.7. The Labute approximate surface area is 180 Å². The first-order chi connectivity index (χ1) is 14.4. The minimum Gasteiger partial charge on any atom is -0.281 e. The van der Waals surface area contributed by atoms with E-state index < -0.39 is 0 Å². The molecule has 2 aromatic carbocycles. The van der Waals surface area contributed by atoms with E-state index in [1.54, 1.807) is 21.0 Å². The first-order valence-corrected chi connectivity index (χ1v) is 11.2. The Hall–Kier alpha value is -2.86. The second-order valence-electron chi connectivity index (χ2n) is 7.71. The first-order valence-electron chi connectivity index (χ1n) is 10.2. The van der Waals surface area contributed by atoms with Gasteiger partial charge in [0.2, 0.25) is 0 Å². The maximum atomic E-state index is 13.3. The number of hydrogen-bond acceptors (Lipinski definition) is 4. The number of benzene rings is 2. The Morgan fingerprint density at radius 3 is 2.47 bits per heavy atom. The molecule has 154 valence electrons. The lowest BCUT2D eigenvalue weighted by atomic mass is 10.1. The summed E-state index contributed by atoms with van der Waals surface area (Å²) in [5.74, 6) is 0.765. The van der Waals surface area contributed by atoms with E-state index >= 15 is 0 Å². The van der Waals surface area contributed by atoms with Crippen molar-refractivity contribution in [2.75, 3.05) is 0 Å². The fourth-order valence-corrected chi connectivity index (χ4v) is 4.47. The summed E-state index contributed by atoms with van der Waals surface area (Å²) in [6.07, 6.45) is 1.86. The average Bonchev–Trinajstić information content (AvgIpc) is 3.16. The predicted octanol–water partition coefficient (Wildman–Crippen LogP) is 4.88. The molecule has 4 rings (SSSR count). The van der Waals surface area contributed by atoms with Crippen molar-refractivity contribution < 1.29 is 0 Å². The van der Waals surface area contributed by atoms with Crippen molar-refractivity contribution in [1.29, 1.82) is 0 Å². The molecule has 30 heavy (non-hydrogen) atoms. The van der Waals surface area contributed by atoms with Crippen LogP contribution in [0.25, 0.3) is 11.0 Å². The van der Waals surface area contributed by atoms with Crippen LogP contribution in [0.15, 0.2) is 58.6 Å². The Kier molecular flexibility index (Phi) is 5.77. The lowest BCUT2D eigenvalue weighted by Crippen LogP contribution is -2.24. The first kappa shape index (κ1) is 20.4. The number of thioether (sulfide) groups is 1. The van der Waals surface area contributed by atoms with Crippen molar-refractivity contribution in [3.05, 3.63) is 86.8 Å². The SMILES string of the molecule is CCn1cc2nc(SCc3cc(C)ccc3C)n(Cc3ccc(C)cc3)c(=O)c2n1. The summed E-state index contributed by atoms with van der Waals surface area (Å²) in [5.41, 5.74) is 7.03. The van der Waals surface area contributed by atoms with Crippen molar-refractivity contribution >= 4 is 22.8 Å². The van der Waals surface area contributed by atoms with E-state index in [2.05, 4.69) is 68.3 Å². The van der Waals surface area contributed by atoms with Crippen LogP contribution in [0.2, 0.25) is 0 Å². The van der Waals surface area contributed by atoms with Gasteiger partial charge in [0.15, 0.2) is 10.7 Å². The molecule has 0 spiro atoms. The molecule has 0 N–H and O–H groups in total. The average molecular weight is 419 g/mol. The highest BCUT2D eigenvalue weighted by Gasteiger charge is 2.16. The van der Waals surface area contributed by atoms with Gasteiger partial charge < -0.3 is 0 Å². The maximum absolute atomic E-state index is 13.3. The number of rotatable bonds is 6. The van der Waals surface area contributed by atoms with E-state index in [1.165, 1.54) is 22.3 Å². The second-order valence-corrected chi connectivity index (χ2v) is 8.65. The van der Waals surface area contributed by atoms with Crippen LogP contribution in [0.1, 0.15) is 34.7 Å². The fraction of sp³-hybridized carbons (Fsp3) is 0.292. The molecular formula is C24H26N4OS. The molecule has 0 aliphatic rings. The van der Waals surface area contributed by atoms with Crippen LogP contribution < -0.4 is 5.56 Å². The fourth-order valence-electron chi connectivity index (χ4n) is 3.41. The molecule has 0 amide bonds. The van der Waals surface area contributed by atoms with Gasteiger partial charge in [-0.1, -0.05) is 65.4 Å². The monoisotopic (exact) mass is 418 g/mol. The molecule has 2 aromatic heterocycles. The van der Waals surface area contributed by atoms with Gasteiger partial charge in [0, 0.05) is 12.3 Å². The molecule has 0 bridgehead atoms. The van der Waals surface area contributed by atoms with E-state index in [0.29, 0.717) is 24.1 Å². The Morgan fingerprint density at radius 2 is 1.73 bits per heavy atom. The summed E-state index contributed by atoms with van der Waals surface area (Å²) in [6, 6.07) is 14.7. The van der Waals surface area contributed by atoms with Crippen molar-refractivity contribution in [3.63, 3.8) is 0 Å². The smallest absolute Gasteiger partial charge is 0.281 e. The lowest BCUT2D eigenvalue weighted by molar-refractivity contribution is 0.650. The summed E-state index contributed by atoms with van der Waals surface area (Å²) < 4.78 is 3.53. The highest BCUT2D eigenvalue weighted by atomic mass is 32.2. The summed E-state index contributed by atoms with van der Waals surface area (Å²) in [6.45, 7) is 9.48. The van der Waals surface area contributed by atoms with Gasteiger partial charge in [-0.05, 0) is 44.4 Å². The third kappa shape index (κ3) is 4.19. The van der Waals surface area contributed by atoms with Crippen molar-refractivity contribution in [2.45, 2.75) is 51.7 Å². The van der Waals surface area contributed by atoms with Gasteiger partial charge in [-0.3, -0.25) is 14.0 Å². The van der Waals surface area contributed by atoms with Crippen molar-refractivity contribution in [2.24, 2.45) is 0 Å². The van der Waals surface area contributed by atoms with E-state index in [-0.39, 0.29) is 5.56 Å². The van der Waals surface area contributed by atoms with E-state index in [1.807, 2.05) is 13.1 Å². The Morgan fingerprint density at radius 1 is 1.00 bits per heavy atom. The third-order valence-corrected chi connectivity index (χ3v) is 6.31. The van der Waals surface area contributed by atoms with Gasteiger partial charge in [0.05, 0.1) is 12.7 Å². The number of aryl methyl sites for hydroxylation is 4. The highest BCUT2D eigenvalue weighted by molar-refractivity contribution is 7.98. The Bertz CT molecular complexity index is 1250. The van der Waals surface area contributed by atoms with Gasteiger partial charge in [0.25, 0.3) is 5.56 Å². The van der Waals surface area contributed by atoms with E-state index in [0.717, 1.165) is 16.5 Å². The van der Waals surface area contributed by atoms with E-state index in [9.17, 15) is 4.79 Å². The summed E-state index contributed by atoms with van der Waals surface area (Å²) in [7, 11) is 0. The van der Waals surface area contributed by atoms with Gasteiger partial charge in [0.1, 0.15) is 5.52 Å². The molecule has 0 unspecified atom stereocenters. The molecule has 0 saturated carbocycles. The highest BCUT2D eigenvalue weighted by Crippen LogP contribution is 2.25. The summed E-state index contributed by atoms with van der Waals surface area (Å²) in [4.78, 5) is 18.1. The summed E-state index contributed by atoms with van der Waals surface area (Å²) >= 11 is 1.61. The molecule has 0 aliphatic heterocycles. The second kappa shape index (κ2) is 8.48. The van der Waals surface area contributed by atoms with Crippen LogP contribution in [0.5, 0.6) is 0 Å². The standard InChI is InChI=1S/C24H26N4OS/c1-5-27-14-21-22(26-27)23(29)28(13-19-10-7-16(2)8-11-19)24(25-21)30-15-20-12-17(3)6-9-18(20)4/h6-12,14H,5,13,15H2,1-4H3. The molecule has 4 aromatic rings. The predicted molar refractivity (Wildman–Crippen MR) is 123 cm³/mol. The van der Waals surface area contributed by atoms with Crippen LogP contribution in [0, 0.1) is 20.8 Å². The normalized spacial score (nSPS) is 11.3. The van der Waals surface area contributed by atoms with Crippen LogP contribution in [-0.2, 0) is 18.8 Å². The van der Waals surface area contributed by atoms with Crippen LogP contribution in [-0.4, -0.2) is 19.3 Å². The number of nitrogens with zero attached hydrogens (tertiary/aromatic N) is 4. The molecule has 0 atom stereocenters. The van der Waals surface area contributed by atoms with Crippen LogP contribution in [0.4, 0.5) is 0 Å². The quantitative estimate of drug-likeness (QED) is 0.331. The lowest BCUT2D eigenvalue weighted by Gasteiger charge is -2.13. The molecule has 0 fully saturated rings. The number of hydrogen-bond donors (Lipinski definition) is 0. The molecule has 5 nitrogen and oxygen atoms in total. The molecule has 0 radical (unpaired) electrons. The largest absolute Gasteiger partial charge is 0.282 e. The zero-order chi connectivity index (χ0) is 21.3. The van der Waals surface area contributed by atoms with Gasteiger partial charge in [-0.2, -0.15) is 5.10 Å².